The highest BCUT2D eigenvalue weighted by Gasteiger charge is 2.41. The molecule has 2 atom stereocenters. The minimum atomic E-state index is -0.952. The Kier molecular flexibility index (Phi) is 4.08. The van der Waals surface area contributed by atoms with Gasteiger partial charge in [0.05, 0.1) is 11.1 Å². The van der Waals surface area contributed by atoms with Crippen molar-refractivity contribution >= 4 is 40.2 Å². The lowest BCUT2D eigenvalue weighted by Crippen LogP contribution is -2.47. The normalized spacial score (nSPS) is 25.1. The number of carboxylic acids is 1. The number of carboxylic acid groups (broad SMARTS) is 1. The average molecular weight is 327 g/mol. The van der Waals surface area contributed by atoms with Crippen LogP contribution in [0.2, 0.25) is 0 Å². The molecule has 2 fully saturated rings. The Morgan fingerprint density at radius 3 is 2.90 bits per heavy atom. The van der Waals surface area contributed by atoms with Crippen LogP contribution in [0, 0.1) is 0 Å². The van der Waals surface area contributed by atoms with E-state index < -0.39 is 12.0 Å². The number of hydrogen-bond donors (Lipinski definition) is 2. The Bertz CT molecular complexity index is 559. The summed E-state index contributed by atoms with van der Waals surface area (Å²) in [6.45, 7) is 1.96. The number of nitrogens with zero attached hydrogens (tertiary/aromatic N) is 2. The zero-order valence-corrected chi connectivity index (χ0v) is 13.2. The fourth-order valence-electron chi connectivity index (χ4n) is 2.41. The molecule has 2 N–H and O–H groups in total. The summed E-state index contributed by atoms with van der Waals surface area (Å²) in [5.41, 5.74) is 1.04. The van der Waals surface area contributed by atoms with Crippen LogP contribution in [-0.4, -0.2) is 44.2 Å². The Labute approximate surface area is 130 Å². The first-order valence-corrected chi connectivity index (χ1v) is 8.92. The lowest BCUT2D eigenvalue weighted by Gasteiger charge is -2.26. The average Bonchev–Trinajstić information content (AvgIpc) is 3.03. The fourth-order valence-corrected chi connectivity index (χ4v) is 4.54. The number of rotatable bonds is 4. The van der Waals surface area contributed by atoms with Crippen molar-refractivity contribution in [1.82, 2.24) is 9.88 Å². The van der Waals surface area contributed by atoms with Crippen molar-refractivity contribution in [3.05, 3.63) is 11.1 Å². The van der Waals surface area contributed by atoms with Gasteiger partial charge < -0.3 is 5.11 Å². The first-order valence-electron chi connectivity index (χ1n) is 6.99. The second-order valence-electron chi connectivity index (χ2n) is 5.24. The molecule has 1 aromatic rings. The van der Waals surface area contributed by atoms with E-state index in [1.807, 2.05) is 12.3 Å². The topological polar surface area (TPSA) is 82.5 Å². The molecule has 2 aliphatic rings. The molecule has 1 aromatic heterocycles. The zero-order chi connectivity index (χ0) is 15.0. The van der Waals surface area contributed by atoms with Gasteiger partial charge in [-0.05, 0) is 19.3 Å². The van der Waals surface area contributed by atoms with Crippen molar-refractivity contribution < 1.29 is 14.7 Å². The van der Waals surface area contributed by atoms with E-state index in [1.165, 1.54) is 40.8 Å². The summed E-state index contributed by atoms with van der Waals surface area (Å²) < 4.78 is 0. The molecule has 0 bridgehead atoms. The van der Waals surface area contributed by atoms with E-state index in [-0.39, 0.29) is 11.4 Å². The van der Waals surface area contributed by atoms with Gasteiger partial charge >= 0.3 is 12.0 Å². The fraction of sp³-hybridized carbons (Fsp3) is 0.615. The highest BCUT2D eigenvalue weighted by molar-refractivity contribution is 8.00. The van der Waals surface area contributed by atoms with Crippen LogP contribution in [0.25, 0.3) is 0 Å². The zero-order valence-electron chi connectivity index (χ0n) is 11.6. The Morgan fingerprint density at radius 1 is 1.52 bits per heavy atom. The van der Waals surface area contributed by atoms with Gasteiger partial charge in [-0.25, -0.2) is 14.6 Å². The maximum absolute atomic E-state index is 12.4. The molecule has 2 amide bonds. The largest absolute Gasteiger partial charge is 0.480 e. The van der Waals surface area contributed by atoms with Crippen LogP contribution in [0.4, 0.5) is 9.93 Å². The van der Waals surface area contributed by atoms with E-state index >= 15 is 0 Å². The van der Waals surface area contributed by atoms with Crippen molar-refractivity contribution in [2.45, 2.75) is 43.5 Å². The van der Waals surface area contributed by atoms with Gasteiger partial charge in [0.25, 0.3) is 0 Å². The van der Waals surface area contributed by atoms with E-state index in [0.717, 1.165) is 12.1 Å². The molecular formula is C13H17N3O3S2. The van der Waals surface area contributed by atoms with Crippen LogP contribution >= 0.6 is 23.1 Å². The molecule has 1 aliphatic carbocycles. The summed E-state index contributed by atoms with van der Waals surface area (Å²) in [6, 6.07) is -1.13. The molecule has 1 saturated carbocycles. The molecule has 6 nitrogen and oxygen atoms in total. The Morgan fingerprint density at radius 2 is 2.29 bits per heavy atom. The molecule has 2 heterocycles. The smallest absolute Gasteiger partial charge is 0.327 e. The standard InChI is InChI=1S/C13H17N3O3S2/c1-2-10-16(9(6-20-10)11(17)18)13(19)15-12-14-8(5-21-12)7-3-4-7/h5,7,9-10H,2-4,6H2,1H3,(H,17,18)(H,14,15,19). The second-order valence-corrected chi connectivity index (χ2v) is 7.31. The predicted octanol–water partition coefficient (Wildman–Crippen LogP) is 2.79. The summed E-state index contributed by atoms with van der Waals surface area (Å²) in [6.07, 6.45) is 3.06. The lowest BCUT2D eigenvalue weighted by atomic mass is 10.3. The van der Waals surface area contributed by atoms with Crippen molar-refractivity contribution in [3.8, 4) is 0 Å². The van der Waals surface area contributed by atoms with Crippen LogP contribution < -0.4 is 5.32 Å². The number of thioether (sulfide) groups is 1. The van der Waals surface area contributed by atoms with Crippen molar-refractivity contribution in [3.63, 3.8) is 0 Å². The van der Waals surface area contributed by atoms with Gasteiger partial charge in [-0.2, -0.15) is 0 Å². The number of aliphatic carboxylic acids is 1. The summed E-state index contributed by atoms with van der Waals surface area (Å²) in [5, 5.41) is 14.4. The number of aromatic nitrogens is 1. The number of nitrogens with one attached hydrogen (secondary N) is 1. The van der Waals surface area contributed by atoms with E-state index in [4.69, 9.17) is 0 Å². The van der Waals surface area contributed by atoms with E-state index in [9.17, 15) is 14.7 Å². The first-order chi connectivity index (χ1) is 10.1. The van der Waals surface area contributed by atoms with Crippen molar-refractivity contribution in [1.29, 1.82) is 0 Å². The summed E-state index contributed by atoms with van der Waals surface area (Å²) in [4.78, 5) is 29.5. The molecule has 1 aliphatic heterocycles. The molecule has 2 unspecified atom stereocenters. The predicted molar refractivity (Wildman–Crippen MR) is 82.9 cm³/mol. The molecule has 1 saturated heterocycles. The van der Waals surface area contributed by atoms with E-state index in [1.54, 1.807) is 0 Å². The third-order valence-electron chi connectivity index (χ3n) is 3.69. The van der Waals surface area contributed by atoms with Crippen LogP contribution in [0.3, 0.4) is 0 Å². The molecule has 0 radical (unpaired) electrons. The number of carbonyl (C=O) groups excluding carboxylic acids is 1. The molecule has 21 heavy (non-hydrogen) atoms. The third-order valence-corrected chi connectivity index (χ3v) is 5.92. The lowest BCUT2D eigenvalue weighted by molar-refractivity contribution is -0.141. The Hall–Kier alpha value is -1.28. The van der Waals surface area contributed by atoms with Gasteiger partial charge in [0.15, 0.2) is 5.13 Å². The summed E-state index contributed by atoms with van der Waals surface area (Å²) in [5.74, 6) is 0.0303. The maximum atomic E-state index is 12.4. The molecular weight excluding hydrogens is 310 g/mol. The summed E-state index contributed by atoms with van der Waals surface area (Å²) in [7, 11) is 0. The van der Waals surface area contributed by atoms with Gasteiger partial charge in [-0.3, -0.25) is 10.2 Å². The third kappa shape index (κ3) is 3.01. The molecule has 114 valence electrons. The molecule has 0 aromatic carbocycles. The quantitative estimate of drug-likeness (QED) is 0.888. The molecule has 0 spiro atoms. The van der Waals surface area contributed by atoms with Crippen LogP contribution in [0.5, 0.6) is 0 Å². The number of carbonyl (C=O) groups is 2. The van der Waals surface area contributed by atoms with Crippen molar-refractivity contribution in [2.75, 3.05) is 11.1 Å². The SMILES string of the molecule is CCC1SCC(C(=O)O)N1C(=O)Nc1nc(C2CC2)cs1. The number of thiazole rings is 1. The molecule has 8 heteroatoms. The minimum absolute atomic E-state index is 0.0889. The second kappa shape index (κ2) is 5.84. The highest BCUT2D eigenvalue weighted by Crippen LogP contribution is 2.41. The number of hydrogen-bond acceptors (Lipinski definition) is 5. The van der Waals surface area contributed by atoms with Gasteiger partial charge in [-0.1, -0.05) is 6.92 Å². The van der Waals surface area contributed by atoms with Gasteiger partial charge in [0.2, 0.25) is 0 Å². The van der Waals surface area contributed by atoms with E-state index in [0.29, 0.717) is 16.8 Å². The van der Waals surface area contributed by atoms with Crippen LogP contribution in [-0.2, 0) is 4.79 Å². The first kappa shape index (κ1) is 14.6. The van der Waals surface area contributed by atoms with Gasteiger partial charge in [0.1, 0.15) is 6.04 Å². The molecule has 3 rings (SSSR count). The number of amides is 2. The minimum Gasteiger partial charge on any atom is -0.480 e. The number of anilines is 1. The van der Waals surface area contributed by atoms with Crippen molar-refractivity contribution in [2.24, 2.45) is 0 Å². The number of urea groups is 1. The monoisotopic (exact) mass is 327 g/mol. The van der Waals surface area contributed by atoms with Crippen LogP contribution in [0.15, 0.2) is 5.38 Å². The highest BCUT2D eigenvalue weighted by atomic mass is 32.2. The van der Waals surface area contributed by atoms with Crippen LogP contribution in [0.1, 0.15) is 37.8 Å². The van der Waals surface area contributed by atoms with Gasteiger partial charge in [0, 0.05) is 17.1 Å². The van der Waals surface area contributed by atoms with E-state index in [2.05, 4.69) is 10.3 Å². The summed E-state index contributed by atoms with van der Waals surface area (Å²) >= 11 is 2.91. The maximum Gasteiger partial charge on any atom is 0.327 e. The Balaban J connectivity index is 1.70. The van der Waals surface area contributed by atoms with Gasteiger partial charge in [-0.15, -0.1) is 23.1 Å².